The molecule has 5 heteroatoms. The molecule has 5 nitrogen and oxygen atoms in total. The van der Waals surface area contributed by atoms with Crippen LogP contribution < -0.4 is 10.6 Å². The lowest BCUT2D eigenvalue weighted by molar-refractivity contribution is 0.0690. The van der Waals surface area contributed by atoms with Crippen molar-refractivity contribution in [2.45, 2.75) is 51.9 Å². The third-order valence-electron chi connectivity index (χ3n) is 8.18. The van der Waals surface area contributed by atoms with Crippen molar-refractivity contribution in [3.05, 3.63) is 93.5 Å². The first-order valence-corrected chi connectivity index (χ1v) is 12.6. The molecular formula is C31H36N2O3. The van der Waals surface area contributed by atoms with Crippen LogP contribution in [-0.2, 0) is 10.8 Å². The molecule has 0 saturated heterocycles. The van der Waals surface area contributed by atoms with Crippen LogP contribution in [0.15, 0.2) is 54.6 Å². The number of nitrogens with one attached hydrogen (secondary N) is 2. The molecule has 1 aliphatic carbocycles. The highest BCUT2D eigenvalue weighted by molar-refractivity contribution is 6.08. The van der Waals surface area contributed by atoms with Gasteiger partial charge in [0.1, 0.15) is 0 Å². The molecular weight excluding hydrogens is 448 g/mol. The molecule has 0 amide bonds. The molecule has 4 rings (SSSR count). The summed E-state index contributed by atoms with van der Waals surface area (Å²) in [5, 5.41) is 16.6. The molecule has 188 valence electrons. The summed E-state index contributed by atoms with van der Waals surface area (Å²) in [6.45, 7) is 10.4. The van der Waals surface area contributed by atoms with E-state index in [1.165, 1.54) is 0 Å². The Kier molecular flexibility index (Phi) is 6.46. The highest BCUT2D eigenvalue weighted by Crippen LogP contribution is 2.54. The van der Waals surface area contributed by atoms with Crippen molar-refractivity contribution in [2.24, 2.45) is 5.92 Å². The minimum atomic E-state index is -1.08. The minimum Gasteiger partial charge on any atom is -0.478 e. The fourth-order valence-corrected chi connectivity index (χ4v) is 5.73. The van der Waals surface area contributed by atoms with Gasteiger partial charge in [0.2, 0.25) is 0 Å². The van der Waals surface area contributed by atoms with Crippen LogP contribution in [0, 0.1) is 5.92 Å². The zero-order valence-electron chi connectivity index (χ0n) is 22.2. The first-order valence-electron chi connectivity index (χ1n) is 12.6. The summed E-state index contributed by atoms with van der Waals surface area (Å²) < 4.78 is 0. The molecule has 0 aliphatic heterocycles. The number of hydrogen-bond donors (Lipinski definition) is 3. The number of carboxylic acids is 1. The zero-order chi connectivity index (χ0) is 26.4. The molecule has 0 bridgehead atoms. The van der Waals surface area contributed by atoms with Gasteiger partial charge in [-0.15, -0.1) is 0 Å². The van der Waals surface area contributed by atoms with Gasteiger partial charge in [-0.25, -0.2) is 4.79 Å². The Balaban J connectivity index is 2.17. The Hall–Kier alpha value is -3.60. The maximum Gasteiger partial charge on any atom is 0.336 e. The normalized spacial score (nSPS) is 15.9. The number of rotatable bonds is 7. The number of Topliss-reactive ketones (excluding diaryl/α,β-unsaturated/α-hetero) is 1. The Labute approximate surface area is 214 Å². The highest BCUT2D eigenvalue weighted by atomic mass is 16.4. The van der Waals surface area contributed by atoms with Gasteiger partial charge in [0.05, 0.1) is 5.56 Å². The molecule has 0 spiro atoms. The second kappa shape index (κ2) is 9.12. The van der Waals surface area contributed by atoms with E-state index in [2.05, 4.69) is 67.8 Å². The predicted octanol–water partition coefficient (Wildman–Crippen LogP) is 6.69. The maximum atomic E-state index is 13.8. The summed E-state index contributed by atoms with van der Waals surface area (Å²) in [6, 6.07) is 18.0. The summed E-state index contributed by atoms with van der Waals surface area (Å²) in [7, 11) is 3.81. The van der Waals surface area contributed by atoms with Crippen LogP contribution in [0.3, 0.4) is 0 Å². The van der Waals surface area contributed by atoms with E-state index in [-0.39, 0.29) is 22.7 Å². The summed E-state index contributed by atoms with van der Waals surface area (Å²) in [6.07, 6.45) is 0.639. The van der Waals surface area contributed by atoms with Crippen molar-refractivity contribution < 1.29 is 14.7 Å². The summed E-state index contributed by atoms with van der Waals surface area (Å²) in [4.78, 5) is 26.1. The Morgan fingerprint density at radius 3 is 1.81 bits per heavy atom. The minimum absolute atomic E-state index is 0.0608. The standard InChI is InChI=1S/C31H36N2O3/c1-8-18(2)28(34)27-21(29(35)36)10-9-11-24(27)31(5)22-14-12-19(32-6)16-25(22)30(3,4)26-17-20(33-7)13-15-23(26)31/h9-18,32-33H,8H2,1-7H3,(H,35,36). The summed E-state index contributed by atoms with van der Waals surface area (Å²) in [5.41, 5.74) is 6.55. The lowest BCUT2D eigenvalue weighted by Crippen LogP contribution is -2.40. The van der Waals surface area contributed by atoms with E-state index in [9.17, 15) is 14.7 Å². The third kappa shape index (κ3) is 3.69. The van der Waals surface area contributed by atoms with Gasteiger partial charge in [0.25, 0.3) is 0 Å². The third-order valence-corrected chi connectivity index (χ3v) is 8.18. The van der Waals surface area contributed by atoms with Crippen molar-refractivity contribution in [1.29, 1.82) is 0 Å². The molecule has 0 aromatic heterocycles. The number of ketones is 1. The number of benzene rings is 3. The number of fused-ring (bicyclic) bond motifs is 2. The predicted molar refractivity (Wildman–Crippen MR) is 147 cm³/mol. The Morgan fingerprint density at radius 1 is 0.833 bits per heavy atom. The Bertz CT molecular complexity index is 1300. The largest absolute Gasteiger partial charge is 0.478 e. The van der Waals surface area contributed by atoms with E-state index in [0.717, 1.165) is 39.2 Å². The first kappa shape index (κ1) is 25.5. The number of carbonyl (C=O) groups excluding carboxylic acids is 1. The second-order valence-electron chi connectivity index (χ2n) is 10.5. The SMILES string of the molecule is CCC(C)C(=O)c1c(C(=O)O)cccc1C1(C)c2ccc(NC)cc2C(C)(C)c2cc(NC)ccc21. The summed E-state index contributed by atoms with van der Waals surface area (Å²) >= 11 is 0. The first-order chi connectivity index (χ1) is 17.0. The molecule has 3 aromatic carbocycles. The van der Waals surface area contributed by atoms with Gasteiger partial charge in [0, 0.05) is 47.8 Å². The van der Waals surface area contributed by atoms with Crippen LogP contribution in [0.5, 0.6) is 0 Å². The van der Waals surface area contributed by atoms with E-state index < -0.39 is 11.4 Å². The molecule has 0 saturated carbocycles. The number of carboxylic acid groups (broad SMARTS) is 1. The lowest BCUT2D eigenvalue weighted by Gasteiger charge is -2.47. The van der Waals surface area contributed by atoms with Crippen LogP contribution in [0.1, 0.15) is 89.6 Å². The van der Waals surface area contributed by atoms with Gasteiger partial charge in [-0.2, -0.15) is 0 Å². The molecule has 1 aliphatic rings. The molecule has 0 heterocycles. The van der Waals surface area contributed by atoms with Crippen LogP contribution in [0.4, 0.5) is 11.4 Å². The average molecular weight is 485 g/mol. The molecule has 36 heavy (non-hydrogen) atoms. The molecule has 0 radical (unpaired) electrons. The van der Waals surface area contributed by atoms with Crippen molar-refractivity contribution >= 4 is 23.1 Å². The number of aromatic carboxylic acids is 1. The topological polar surface area (TPSA) is 78.4 Å². The van der Waals surface area contributed by atoms with Crippen LogP contribution in [0.2, 0.25) is 0 Å². The van der Waals surface area contributed by atoms with Crippen molar-refractivity contribution in [3.63, 3.8) is 0 Å². The zero-order valence-corrected chi connectivity index (χ0v) is 22.2. The maximum absolute atomic E-state index is 13.8. The molecule has 3 N–H and O–H groups in total. The van der Waals surface area contributed by atoms with Gasteiger partial charge in [-0.05, 0) is 71.5 Å². The van der Waals surface area contributed by atoms with E-state index in [1.807, 2.05) is 34.0 Å². The lowest BCUT2D eigenvalue weighted by atomic mass is 9.56. The van der Waals surface area contributed by atoms with Gasteiger partial charge in [-0.3, -0.25) is 4.79 Å². The van der Waals surface area contributed by atoms with Crippen molar-refractivity contribution in [1.82, 2.24) is 0 Å². The van der Waals surface area contributed by atoms with Gasteiger partial charge >= 0.3 is 5.97 Å². The van der Waals surface area contributed by atoms with E-state index in [0.29, 0.717) is 12.0 Å². The van der Waals surface area contributed by atoms with Crippen LogP contribution in [0.25, 0.3) is 0 Å². The number of anilines is 2. The summed E-state index contributed by atoms with van der Waals surface area (Å²) in [5.74, 6) is -1.50. The van der Waals surface area contributed by atoms with E-state index in [4.69, 9.17) is 0 Å². The fourth-order valence-electron chi connectivity index (χ4n) is 5.73. The van der Waals surface area contributed by atoms with Crippen LogP contribution in [-0.4, -0.2) is 31.0 Å². The average Bonchev–Trinajstić information content (AvgIpc) is 2.89. The van der Waals surface area contributed by atoms with Crippen molar-refractivity contribution in [2.75, 3.05) is 24.7 Å². The van der Waals surface area contributed by atoms with Crippen LogP contribution >= 0.6 is 0 Å². The van der Waals surface area contributed by atoms with Gasteiger partial charge in [0.15, 0.2) is 5.78 Å². The monoisotopic (exact) mass is 484 g/mol. The highest BCUT2D eigenvalue weighted by Gasteiger charge is 2.47. The Morgan fingerprint density at radius 2 is 1.36 bits per heavy atom. The van der Waals surface area contributed by atoms with Gasteiger partial charge in [-0.1, -0.05) is 52.0 Å². The fraction of sp³-hybridized carbons (Fsp3) is 0.355. The molecule has 1 unspecified atom stereocenters. The quantitative estimate of drug-likeness (QED) is 0.326. The van der Waals surface area contributed by atoms with E-state index >= 15 is 0 Å². The molecule has 0 fully saturated rings. The molecule has 3 aromatic rings. The smallest absolute Gasteiger partial charge is 0.336 e. The van der Waals surface area contributed by atoms with Crippen molar-refractivity contribution in [3.8, 4) is 0 Å². The number of carbonyl (C=O) groups is 2. The molecule has 1 atom stereocenters. The number of hydrogen-bond acceptors (Lipinski definition) is 4. The van der Waals surface area contributed by atoms with Gasteiger partial charge < -0.3 is 15.7 Å². The second-order valence-corrected chi connectivity index (χ2v) is 10.5. The van der Waals surface area contributed by atoms with E-state index in [1.54, 1.807) is 12.1 Å².